The summed E-state index contributed by atoms with van der Waals surface area (Å²) in [5.74, 6) is 0. The Hall–Kier alpha value is -1.61. The van der Waals surface area contributed by atoms with E-state index in [0.717, 1.165) is 17.8 Å². The Morgan fingerprint density at radius 3 is 2.53 bits per heavy atom. The summed E-state index contributed by atoms with van der Waals surface area (Å²) in [5, 5.41) is 3.22. The lowest BCUT2D eigenvalue weighted by atomic mass is 10.0. The van der Waals surface area contributed by atoms with Crippen molar-refractivity contribution in [3.05, 3.63) is 47.7 Å². The molecule has 1 aromatic carbocycles. The Kier molecular flexibility index (Phi) is 5.43. The summed E-state index contributed by atoms with van der Waals surface area (Å²) < 4.78 is 0. The van der Waals surface area contributed by atoms with Crippen LogP contribution in [0.5, 0.6) is 0 Å². The SMILES string of the molecule is CCN=C(/C=C\N)c1ccc(C(C)NC)cc1. The third-order valence-electron chi connectivity index (χ3n) is 2.72. The average Bonchev–Trinajstić information content (AvgIpc) is 2.38. The van der Waals surface area contributed by atoms with E-state index in [1.165, 1.54) is 11.8 Å². The van der Waals surface area contributed by atoms with E-state index in [-0.39, 0.29) is 0 Å². The standard InChI is InChI=1S/C14H21N3/c1-4-17-14(9-10-15)13-7-5-12(6-8-13)11(2)16-3/h5-11,16H,4,15H2,1-3H3/b10-9-,17-14?. The summed E-state index contributed by atoms with van der Waals surface area (Å²) in [6, 6.07) is 8.76. The third kappa shape index (κ3) is 3.71. The van der Waals surface area contributed by atoms with Crippen molar-refractivity contribution in [3.8, 4) is 0 Å². The molecule has 0 radical (unpaired) electrons. The molecule has 0 aliphatic heterocycles. The van der Waals surface area contributed by atoms with Gasteiger partial charge < -0.3 is 11.1 Å². The van der Waals surface area contributed by atoms with Crippen LogP contribution in [0, 0.1) is 0 Å². The molecule has 1 unspecified atom stereocenters. The van der Waals surface area contributed by atoms with E-state index in [9.17, 15) is 0 Å². The lowest BCUT2D eigenvalue weighted by molar-refractivity contribution is 0.652. The van der Waals surface area contributed by atoms with Gasteiger partial charge in [0.25, 0.3) is 0 Å². The zero-order chi connectivity index (χ0) is 12.7. The van der Waals surface area contributed by atoms with E-state index in [4.69, 9.17) is 5.73 Å². The van der Waals surface area contributed by atoms with E-state index in [1.54, 1.807) is 0 Å². The van der Waals surface area contributed by atoms with E-state index < -0.39 is 0 Å². The van der Waals surface area contributed by atoms with Gasteiger partial charge in [-0.1, -0.05) is 24.3 Å². The highest BCUT2D eigenvalue weighted by atomic mass is 14.8. The highest BCUT2D eigenvalue weighted by Gasteiger charge is 2.03. The molecular weight excluding hydrogens is 210 g/mol. The number of hydrogen-bond acceptors (Lipinski definition) is 3. The number of benzene rings is 1. The van der Waals surface area contributed by atoms with Crippen LogP contribution in [0.25, 0.3) is 0 Å². The predicted molar refractivity (Wildman–Crippen MR) is 74.3 cm³/mol. The molecule has 0 fully saturated rings. The van der Waals surface area contributed by atoms with Gasteiger partial charge >= 0.3 is 0 Å². The minimum Gasteiger partial charge on any atom is -0.405 e. The van der Waals surface area contributed by atoms with Gasteiger partial charge in [0, 0.05) is 12.6 Å². The minimum atomic E-state index is 0.362. The molecule has 0 aromatic heterocycles. The first-order chi connectivity index (χ1) is 8.22. The first-order valence-electron chi connectivity index (χ1n) is 5.93. The van der Waals surface area contributed by atoms with Crippen molar-refractivity contribution in [2.24, 2.45) is 10.7 Å². The summed E-state index contributed by atoms with van der Waals surface area (Å²) in [6.45, 7) is 4.91. The average molecular weight is 231 g/mol. The van der Waals surface area contributed by atoms with E-state index in [1.807, 2.05) is 20.0 Å². The number of nitrogens with one attached hydrogen (secondary N) is 1. The van der Waals surface area contributed by atoms with Crippen molar-refractivity contribution in [3.63, 3.8) is 0 Å². The molecule has 3 heteroatoms. The lowest BCUT2D eigenvalue weighted by Crippen LogP contribution is -2.12. The van der Waals surface area contributed by atoms with Gasteiger partial charge in [0.1, 0.15) is 0 Å². The number of rotatable bonds is 5. The smallest absolute Gasteiger partial charge is 0.0660 e. The van der Waals surface area contributed by atoms with Crippen LogP contribution in [0.4, 0.5) is 0 Å². The molecule has 0 saturated carbocycles. The van der Waals surface area contributed by atoms with Gasteiger partial charge in [-0.25, -0.2) is 0 Å². The molecule has 0 heterocycles. The van der Waals surface area contributed by atoms with Gasteiger partial charge in [-0.2, -0.15) is 0 Å². The second-order valence-electron chi connectivity index (χ2n) is 3.85. The summed E-state index contributed by atoms with van der Waals surface area (Å²) in [4.78, 5) is 4.41. The second kappa shape index (κ2) is 6.86. The highest BCUT2D eigenvalue weighted by molar-refractivity contribution is 6.08. The number of allylic oxidation sites excluding steroid dienone is 1. The zero-order valence-corrected chi connectivity index (χ0v) is 10.8. The molecule has 1 rings (SSSR count). The maximum atomic E-state index is 5.43. The Morgan fingerprint density at radius 1 is 1.41 bits per heavy atom. The molecule has 0 aliphatic rings. The fourth-order valence-electron chi connectivity index (χ4n) is 1.61. The van der Waals surface area contributed by atoms with Crippen molar-refractivity contribution in [1.29, 1.82) is 0 Å². The van der Waals surface area contributed by atoms with Crippen molar-refractivity contribution < 1.29 is 0 Å². The normalized spacial score (nSPS) is 14.2. The molecule has 3 N–H and O–H groups in total. The topological polar surface area (TPSA) is 50.4 Å². The Balaban J connectivity index is 2.96. The first kappa shape index (κ1) is 13.5. The molecule has 0 saturated heterocycles. The second-order valence-corrected chi connectivity index (χ2v) is 3.85. The quantitative estimate of drug-likeness (QED) is 0.764. The predicted octanol–water partition coefficient (Wildman–Crippen LogP) is 2.25. The maximum Gasteiger partial charge on any atom is 0.0660 e. The molecule has 0 spiro atoms. The fourth-order valence-corrected chi connectivity index (χ4v) is 1.61. The van der Waals surface area contributed by atoms with Crippen molar-refractivity contribution >= 4 is 5.71 Å². The molecule has 1 aromatic rings. The van der Waals surface area contributed by atoms with Gasteiger partial charge in [-0.05, 0) is 44.3 Å². The van der Waals surface area contributed by atoms with E-state index in [2.05, 4.69) is 41.5 Å². The largest absolute Gasteiger partial charge is 0.405 e. The van der Waals surface area contributed by atoms with Crippen molar-refractivity contribution in [2.75, 3.05) is 13.6 Å². The first-order valence-corrected chi connectivity index (χ1v) is 5.93. The van der Waals surface area contributed by atoms with Crippen LogP contribution >= 0.6 is 0 Å². The lowest BCUT2D eigenvalue weighted by Gasteiger charge is -2.11. The third-order valence-corrected chi connectivity index (χ3v) is 2.72. The Morgan fingerprint density at radius 2 is 2.06 bits per heavy atom. The van der Waals surface area contributed by atoms with Gasteiger partial charge in [0.2, 0.25) is 0 Å². The van der Waals surface area contributed by atoms with E-state index >= 15 is 0 Å². The van der Waals surface area contributed by atoms with Crippen LogP contribution in [-0.2, 0) is 0 Å². The molecule has 17 heavy (non-hydrogen) atoms. The number of hydrogen-bond donors (Lipinski definition) is 2. The van der Waals surface area contributed by atoms with Crippen LogP contribution in [0.1, 0.15) is 31.0 Å². The zero-order valence-electron chi connectivity index (χ0n) is 10.8. The van der Waals surface area contributed by atoms with Crippen LogP contribution in [0.2, 0.25) is 0 Å². The van der Waals surface area contributed by atoms with Crippen LogP contribution < -0.4 is 11.1 Å². The maximum absolute atomic E-state index is 5.43. The van der Waals surface area contributed by atoms with Crippen molar-refractivity contribution in [1.82, 2.24) is 5.32 Å². The van der Waals surface area contributed by atoms with Crippen LogP contribution in [0.15, 0.2) is 41.5 Å². The number of nitrogens with two attached hydrogens (primary N) is 1. The Labute approximate surface area is 103 Å². The Bertz CT molecular complexity index is 390. The monoisotopic (exact) mass is 231 g/mol. The molecule has 1 atom stereocenters. The van der Waals surface area contributed by atoms with Crippen LogP contribution in [0.3, 0.4) is 0 Å². The van der Waals surface area contributed by atoms with Gasteiger partial charge in [0.05, 0.1) is 5.71 Å². The fraction of sp³-hybridized carbons (Fsp3) is 0.357. The van der Waals surface area contributed by atoms with Gasteiger partial charge in [-0.3, -0.25) is 4.99 Å². The van der Waals surface area contributed by atoms with E-state index in [0.29, 0.717) is 6.04 Å². The molecule has 0 bridgehead atoms. The molecular formula is C14H21N3. The summed E-state index contributed by atoms with van der Waals surface area (Å²) in [7, 11) is 1.96. The van der Waals surface area contributed by atoms with Gasteiger partial charge in [0.15, 0.2) is 0 Å². The highest BCUT2D eigenvalue weighted by Crippen LogP contribution is 2.13. The summed E-state index contributed by atoms with van der Waals surface area (Å²) >= 11 is 0. The molecule has 0 aliphatic carbocycles. The molecule has 3 nitrogen and oxygen atoms in total. The number of nitrogens with zero attached hydrogens (tertiary/aromatic N) is 1. The minimum absolute atomic E-state index is 0.362. The molecule has 0 amide bonds. The summed E-state index contributed by atoms with van der Waals surface area (Å²) in [6.07, 6.45) is 3.36. The van der Waals surface area contributed by atoms with Crippen LogP contribution in [-0.4, -0.2) is 19.3 Å². The number of aliphatic imine (C=N–C) groups is 1. The van der Waals surface area contributed by atoms with Gasteiger partial charge in [-0.15, -0.1) is 0 Å². The van der Waals surface area contributed by atoms with Crippen molar-refractivity contribution in [2.45, 2.75) is 19.9 Å². The summed E-state index contributed by atoms with van der Waals surface area (Å²) in [5.41, 5.74) is 8.72. The molecule has 92 valence electrons.